The van der Waals surface area contributed by atoms with E-state index in [0.717, 1.165) is 51.2 Å². The quantitative estimate of drug-likeness (QED) is 0.222. The summed E-state index contributed by atoms with van der Waals surface area (Å²) < 4.78 is 47.3. The molecule has 2 aromatic carbocycles. The van der Waals surface area contributed by atoms with Gasteiger partial charge in [-0.05, 0) is 36.2 Å². The normalized spacial score (nSPS) is 19.6. The van der Waals surface area contributed by atoms with Gasteiger partial charge in [-0.15, -0.1) is 0 Å². The van der Waals surface area contributed by atoms with Gasteiger partial charge in [-0.2, -0.15) is 18.3 Å². The molecule has 3 aliphatic rings. The third-order valence-electron chi connectivity index (χ3n) is 10.0. The van der Waals surface area contributed by atoms with Crippen molar-refractivity contribution in [3.05, 3.63) is 113 Å². The fraction of sp³-hybridized carbons (Fsp3) is 0.368. The lowest BCUT2D eigenvalue weighted by Gasteiger charge is -2.42. The number of alkyl halides is 3. The second kappa shape index (κ2) is 15.5. The van der Waals surface area contributed by atoms with E-state index in [9.17, 15) is 27.6 Å². The fourth-order valence-electron chi connectivity index (χ4n) is 7.12. The average Bonchev–Trinajstić information content (AvgIpc) is 3.58. The van der Waals surface area contributed by atoms with Gasteiger partial charge in [-0.25, -0.2) is 14.6 Å². The topological polar surface area (TPSA) is 138 Å². The first-order valence-corrected chi connectivity index (χ1v) is 17.8. The minimum absolute atomic E-state index is 0.161. The number of likely N-dealkylation sites (N-methyl/N-ethyl adjacent to an activating group) is 1. The maximum atomic E-state index is 14.4. The summed E-state index contributed by atoms with van der Waals surface area (Å²) in [4.78, 5) is 54.3. The van der Waals surface area contributed by atoms with Crippen molar-refractivity contribution >= 4 is 23.5 Å². The summed E-state index contributed by atoms with van der Waals surface area (Å²) in [6, 6.07) is 16.4. The maximum Gasteiger partial charge on any atom is 0.433 e. The number of rotatable bonds is 11. The van der Waals surface area contributed by atoms with E-state index in [0.29, 0.717) is 46.9 Å². The maximum absolute atomic E-state index is 14.4. The van der Waals surface area contributed by atoms with Crippen LogP contribution in [0.25, 0.3) is 5.69 Å². The van der Waals surface area contributed by atoms with Crippen molar-refractivity contribution in [1.29, 1.82) is 0 Å². The number of hydrogen-bond donors (Lipinski definition) is 2. The van der Waals surface area contributed by atoms with Crippen molar-refractivity contribution in [2.75, 3.05) is 57.4 Å². The molecule has 7 rings (SSSR count). The zero-order valence-corrected chi connectivity index (χ0v) is 29.6. The first-order valence-electron chi connectivity index (χ1n) is 17.8. The van der Waals surface area contributed by atoms with Gasteiger partial charge >= 0.3 is 6.18 Å². The molecule has 5 heterocycles. The molecule has 16 heteroatoms. The Labute approximate surface area is 309 Å². The van der Waals surface area contributed by atoms with E-state index in [1.165, 1.54) is 4.90 Å². The van der Waals surface area contributed by atoms with Crippen molar-refractivity contribution in [2.24, 2.45) is 0 Å². The predicted molar refractivity (Wildman–Crippen MR) is 192 cm³/mol. The molecule has 0 radical (unpaired) electrons. The standard InChI is InChI=1S/C38H40F3N9O4/c1-3-49-36-29(20-44-50(36)27-10-5-4-6-11-27)31(32(37(49)53)46-35(52)33-42-13-12-30(45-33)38(39,40)41)26-9-7-8-25(18-26)19-43-34(51)24(2)21-47-14-16-48(17-15-47)28-22-54-23-28/h4-13,18,20,28,31-32H,2-3,14-17,19,21-23H2,1H3,(H,43,51)(H,46,52)/t31-,32+/m1/s1. The van der Waals surface area contributed by atoms with Crippen LogP contribution in [0.1, 0.15) is 45.8 Å². The van der Waals surface area contributed by atoms with E-state index in [2.05, 4.69) is 42.1 Å². The molecule has 0 spiro atoms. The van der Waals surface area contributed by atoms with Crippen LogP contribution in [-0.2, 0) is 27.0 Å². The van der Waals surface area contributed by atoms with Crippen molar-refractivity contribution in [3.8, 4) is 5.69 Å². The molecule has 2 fully saturated rings. The van der Waals surface area contributed by atoms with Crippen LogP contribution in [0.5, 0.6) is 0 Å². The number of benzene rings is 2. The number of ether oxygens (including phenoxy) is 1. The van der Waals surface area contributed by atoms with E-state index in [1.807, 2.05) is 42.5 Å². The molecular weight excluding hydrogens is 703 g/mol. The van der Waals surface area contributed by atoms with Gasteiger partial charge in [0.1, 0.15) is 17.6 Å². The number of hydrogen-bond acceptors (Lipinski definition) is 9. The van der Waals surface area contributed by atoms with Crippen LogP contribution in [0.3, 0.4) is 0 Å². The van der Waals surface area contributed by atoms with Gasteiger partial charge < -0.3 is 15.4 Å². The number of halogens is 3. The predicted octanol–water partition coefficient (Wildman–Crippen LogP) is 3.17. The highest BCUT2D eigenvalue weighted by Crippen LogP contribution is 2.41. The lowest BCUT2D eigenvalue weighted by atomic mass is 9.82. The van der Waals surface area contributed by atoms with Crippen molar-refractivity contribution < 1.29 is 32.3 Å². The van der Waals surface area contributed by atoms with E-state index in [1.54, 1.807) is 29.9 Å². The van der Waals surface area contributed by atoms with Crippen molar-refractivity contribution in [1.82, 2.24) is 40.2 Å². The molecule has 0 unspecified atom stereocenters. The van der Waals surface area contributed by atoms with E-state index >= 15 is 0 Å². The number of para-hydroxylation sites is 1. The van der Waals surface area contributed by atoms with Gasteiger partial charge in [-0.3, -0.25) is 29.1 Å². The molecule has 2 aromatic heterocycles. The fourth-order valence-corrected chi connectivity index (χ4v) is 7.12. The summed E-state index contributed by atoms with van der Waals surface area (Å²) in [6.45, 7) is 11.7. The van der Waals surface area contributed by atoms with E-state index in [4.69, 9.17) is 4.74 Å². The zero-order valence-electron chi connectivity index (χ0n) is 29.6. The number of amides is 3. The molecule has 0 bridgehead atoms. The Bertz CT molecular complexity index is 2030. The molecule has 0 saturated carbocycles. The van der Waals surface area contributed by atoms with Gasteiger partial charge in [0, 0.05) is 69.1 Å². The molecule has 282 valence electrons. The molecular formula is C38H40F3N9O4. The molecule has 0 aliphatic carbocycles. The molecule has 13 nitrogen and oxygen atoms in total. The number of aromatic nitrogens is 4. The number of nitrogens with zero attached hydrogens (tertiary/aromatic N) is 7. The molecule has 2 N–H and O–H groups in total. The van der Waals surface area contributed by atoms with Gasteiger partial charge in [0.15, 0.2) is 0 Å². The van der Waals surface area contributed by atoms with Gasteiger partial charge in [0.25, 0.3) is 11.8 Å². The Morgan fingerprint density at radius 1 is 1.02 bits per heavy atom. The lowest BCUT2D eigenvalue weighted by Crippen LogP contribution is -2.56. The van der Waals surface area contributed by atoms with Crippen LogP contribution >= 0.6 is 0 Å². The van der Waals surface area contributed by atoms with E-state index < -0.39 is 41.5 Å². The Balaban J connectivity index is 1.13. The van der Waals surface area contributed by atoms with Crippen LogP contribution in [-0.4, -0.2) is 112 Å². The second-order valence-corrected chi connectivity index (χ2v) is 13.5. The Hall–Kier alpha value is -5.45. The van der Waals surface area contributed by atoms with Crippen molar-refractivity contribution in [3.63, 3.8) is 0 Å². The SMILES string of the molecule is C=C(CN1CCN(C2COC2)CC1)C(=O)NCc1cccc([C@@H]2c3cnn(-c4ccccc4)c3N(CC)C(=O)[C@H]2NC(=O)c2nccc(C(F)(F)F)n2)c1. The van der Waals surface area contributed by atoms with Crippen LogP contribution < -0.4 is 15.5 Å². The number of anilines is 1. The third kappa shape index (κ3) is 7.62. The number of carbonyl (C=O) groups excluding carboxylic acids is 3. The van der Waals surface area contributed by atoms with Crippen LogP contribution in [0, 0.1) is 0 Å². The largest absolute Gasteiger partial charge is 0.433 e. The zero-order chi connectivity index (χ0) is 38.0. The number of piperazine rings is 1. The molecule has 4 aromatic rings. The Kier molecular flexibility index (Phi) is 10.6. The lowest BCUT2D eigenvalue weighted by molar-refractivity contribution is -0.141. The molecule has 2 atom stereocenters. The summed E-state index contributed by atoms with van der Waals surface area (Å²) >= 11 is 0. The van der Waals surface area contributed by atoms with Gasteiger partial charge in [-0.1, -0.05) is 49.0 Å². The molecule has 54 heavy (non-hydrogen) atoms. The highest BCUT2D eigenvalue weighted by molar-refractivity contribution is 6.04. The number of nitrogens with one attached hydrogen (secondary N) is 2. The summed E-state index contributed by atoms with van der Waals surface area (Å²) in [5.41, 5.74) is 1.81. The third-order valence-corrected chi connectivity index (χ3v) is 10.0. The minimum Gasteiger partial charge on any atom is -0.378 e. The Morgan fingerprint density at radius 2 is 1.78 bits per heavy atom. The highest BCUT2D eigenvalue weighted by Gasteiger charge is 2.45. The minimum atomic E-state index is -4.80. The molecule has 3 aliphatic heterocycles. The second-order valence-electron chi connectivity index (χ2n) is 13.5. The first kappa shape index (κ1) is 36.9. The van der Waals surface area contributed by atoms with Gasteiger partial charge in [0.05, 0.1) is 31.1 Å². The summed E-state index contributed by atoms with van der Waals surface area (Å²) in [5.74, 6) is -2.87. The van der Waals surface area contributed by atoms with E-state index in [-0.39, 0.29) is 19.0 Å². The average molecular weight is 744 g/mol. The smallest absolute Gasteiger partial charge is 0.378 e. The molecule has 2 saturated heterocycles. The van der Waals surface area contributed by atoms with Crippen LogP contribution in [0.2, 0.25) is 0 Å². The van der Waals surface area contributed by atoms with Crippen LogP contribution in [0.15, 0.2) is 85.2 Å². The highest BCUT2D eigenvalue weighted by atomic mass is 19.4. The van der Waals surface area contributed by atoms with Crippen LogP contribution in [0.4, 0.5) is 19.0 Å². The first-order chi connectivity index (χ1) is 26.0. The summed E-state index contributed by atoms with van der Waals surface area (Å²) in [6.07, 6.45) is -2.33. The monoisotopic (exact) mass is 743 g/mol. The summed E-state index contributed by atoms with van der Waals surface area (Å²) in [5, 5.41) is 10.2. The summed E-state index contributed by atoms with van der Waals surface area (Å²) in [7, 11) is 0. The van der Waals surface area contributed by atoms with Gasteiger partial charge in [0.2, 0.25) is 11.7 Å². The Morgan fingerprint density at radius 3 is 2.46 bits per heavy atom. The number of fused-ring (bicyclic) bond motifs is 1. The molecule has 3 amide bonds. The van der Waals surface area contributed by atoms with Crippen molar-refractivity contribution in [2.45, 2.75) is 37.6 Å². The number of carbonyl (C=O) groups is 3.